The zero-order valence-electron chi connectivity index (χ0n) is 14.7. The molecule has 3 saturated heterocycles. The van der Waals surface area contributed by atoms with Crippen LogP contribution >= 0.6 is 0 Å². The molecule has 1 aromatic carbocycles. The zero-order valence-corrected chi connectivity index (χ0v) is 14.7. The molecular formula is C21H24N2O3. The second-order valence-corrected chi connectivity index (χ2v) is 8.65. The van der Waals surface area contributed by atoms with Gasteiger partial charge < -0.3 is 15.1 Å². The number of para-hydroxylation sites is 1. The van der Waals surface area contributed by atoms with E-state index >= 15 is 0 Å². The number of aliphatic hydroxyl groups excluding tert-OH is 2. The molecular weight excluding hydrogens is 328 g/mol. The number of hydrogen-bond acceptors (Lipinski definition) is 4. The van der Waals surface area contributed by atoms with Crippen molar-refractivity contribution in [3.63, 3.8) is 0 Å². The monoisotopic (exact) mass is 352 g/mol. The molecule has 4 aliphatic heterocycles. The third-order valence-electron chi connectivity index (χ3n) is 7.94. The number of carbonyl (C=O) groups excluding carboxylic acids is 1. The van der Waals surface area contributed by atoms with E-state index in [4.69, 9.17) is 0 Å². The summed E-state index contributed by atoms with van der Waals surface area (Å²) >= 11 is 0. The molecule has 1 amide bonds. The van der Waals surface area contributed by atoms with E-state index in [1.165, 1.54) is 11.1 Å². The van der Waals surface area contributed by atoms with Crippen molar-refractivity contribution in [3.8, 4) is 0 Å². The Morgan fingerprint density at radius 3 is 3.00 bits per heavy atom. The maximum absolute atomic E-state index is 13.0. The number of fused-ring (bicyclic) bond motifs is 4. The summed E-state index contributed by atoms with van der Waals surface area (Å²) in [5, 5.41) is 20.5. The quantitative estimate of drug-likeness (QED) is 0.742. The fourth-order valence-corrected chi connectivity index (χ4v) is 7.20. The van der Waals surface area contributed by atoms with Gasteiger partial charge in [0.2, 0.25) is 5.91 Å². The number of piperidine rings is 2. The van der Waals surface area contributed by atoms with Crippen molar-refractivity contribution < 1.29 is 15.0 Å². The average molecular weight is 352 g/mol. The van der Waals surface area contributed by atoms with Gasteiger partial charge in [0.15, 0.2) is 0 Å². The van der Waals surface area contributed by atoms with Crippen molar-refractivity contribution in [3.05, 3.63) is 41.5 Å². The van der Waals surface area contributed by atoms with E-state index in [9.17, 15) is 15.0 Å². The summed E-state index contributed by atoms with van der Waals surface area (Å²) in [5.41, 5.74) is 3.60. The van der Waals surface area contributed by atoms with E-state index < -0.39 is 6.10 Å². The normalized spacial score (nSPS) is 44.4. The molecule has 136 valence electrons. The van der Waals surface area contributed by atoms with Crippen LogP contribution in [-0.2, 0) is 10.2 Å². The van der Waals surface area contributed by atoms with Crippen LogP contribution in [0.5, 0.6) is 0 Å². The Kier molecular flexibility index (Phi) is 2.94. The van der Waals surface area contributed by atoms with Gasteiger partial charge in [-0.1, -0.05) is 29.8 Å². The molecule has 1 spiro atoms. The molecule has 0 unspecified atom stereocenters. The van der Waals surface area contributed by atoms with Gasteiger partial charge in [0.05, 0.1) is 25.2 Å². The molecule has 1 saturated carbocycles. The Morgan fingerprint density at radius 2 is 2.15 bits per heavy atom. The molecule has 0 radical (unpaired) electrons. The molecule has 5 nitrogen and oxygen atoms in total. The number of nitrogens with zero attached hydrogens (tertiary/aromatic N) is 2. The summed E-state index contributed by atoms with van der Waals surface area (Å²) in [7, 11) is 0. The molecule has 4 heterocycles. The van der Waals surface area contributed by atoms with E-state index in [0.29, 0.717) is 6.04 Å². The van der Waals surface area contributed by atoms with E-state index in [-0.39, 0.29) is 42.2 Å². The van der Waals surface area contributed by atoms with Gasteiger partial charge in [-0.15, -0.1) is 0 Å². The Balaban J connectivity index is 1.61. The van der Waals surface area contributed by atoms with Gasteiger partial charge in [0, 0.05) is 29.6 Å². The van der Waals surface area contributed by atoms with E-state index in [0.717, 1.165) is 31.6 Å². The lowest BCUT2D eigenvalue weighted by Gasteiger charge is -2.58. The minimum Gasteiger partial charge on any atom is -0.392 e. The number of amides is 1. The van der Waals surface area contributed by atoms with Crippen molar-refractivity contribution in [1.82, 2.24) is 4.90 Å². The van der Waals surface area contributed by atoms with Gasteiger partial charge in [-0.2, -0.15) is 0 Å². The number of hydrogen-bond donors (Lipinski definition) is 2. The molecule has 1 aromatic rings. The largest absolute Gasteiger partial charge is 0.392 e. The van der Waals surface area contributed by atoms with Gasteiger partial charge >= 0.3 is 0 Å². The molecule has 6 rings (SSSR count). The Hall–Kier alpha value is -1.69. The first kappa shape index (κ1) is 15.4. The summed E-state index contributed by atoms with van der Waals surface area (Å²) in [6.07, 6.45) is 3.64. The van der Waals surface area contributed by atoms with Crippen molar-refractivity contribution in [2.24, 2.45) is 11.8 Å². The number of rotatable bonds is 1. The van der Waals surface area contributed by atoms with Crippen LogP contribution in [0.3, 0.4) is 0 Å². The number of benzene rings is 1. The highest BCUT2D eigenvalue weighted by atomic mass is 16.3. The average Bonchev–Trinajstić information content (AvgIpc) is 3.17. The third kappa shape index (κ3) is 1.57. The maximum Gasteiger partial charge on any atom is 0.229 e. The predicted molar refractivity (Wildman–Crippen MR) is 96.8 cm³/mol. The zero-order chi connectivity index (χ0) is 17.6. The summed E-state index contributed by atoms with van der Waals surface area (Å²) in [4.78, 5) is 17.6. The first-order valence-electron chi connectivity index (χ1n) is 9.80. The van der Waals surface area contributed by atoms with Crippen LogP contribution in [-0.4, -0.2) is 58.9 Å². The summed E-state index contributed by atoms with van der Waals surface area (Å²) in [6, 6.07) is 8.90. The second kappa shape index (κ2) is 4.97. The van der Waals surface area contributed by atoms with Crippen LogP contribution < -0.4 is 4.90 Å². The smallest absolute Gasteiger partial charge is 0.229 e. The SMILES string of the molecule is O=C1C[C@@H](O)[C@H]2[C@H]3C[C@@H]4N(CC[C@]45c4ccccc4N1[C@H]25)C/C3=C/CO. The number of anilines is 1. The first-order valence-corrected chi connectivity index (χ1v) is 9.80. The molecule has 2 bridgehead atoms. The second-order valence-electron chi connectivity index (χ2n) is 8.65. The minimum atomic E-state index is -0.588. The van der Waals surface area contributed by atoms with Crippen LogP contribution in [0.4, 0.5) is 5.69 Å². The highest BCUT2D eigenvalue weighted by Gasteiger charge is 2.70. The van der Waals surface area contributed by atoms with E-state index in [1.807, 2.05) is 17.0 Å². The van der Waals surface area contributed by atoms with Crippen LogP contribution in [0, 0.1) is 11.8 Å². The molecule has 26 heavy (non-hydrogen) atoms. The first-order chi connectivity index (χ1) is 12.7. The van der Waals surface area contributed by atoms with E-state index in [1.54, 1.807) is 0 Å². The lowest BCUT2D eigenvalue weighted by atomic mass is 9.53. The van der Waals surface area contributed by atoms with Gasteiger partial charge in [-0.25, -0.2) is 0 Å². The standard InChI is InChI=1S/C21H24N2O3/c24-8-5-12-11-22-7-6-21-14-3-1-2-4-15(14)23-18(26)10-16(25)19(20(21)23)13(12)9-17(21)22/h1-5,13,16-17,19-20,24-25H,6-11H2/b12-5-/t13-,16+,17-,19+,20+,21-/m0/s1. The number of carbonyl (C=O) groups is 1. The number of aliphatic hydroxyl groups is 2. The van der Waals surface area contributed by atoms with Crippen LogP contribution in [0.25, 0.3) is 0 Å². The molecule has 4 fully saturated rings. The summed E-state index contributed by atoms with van der Waals surface area (Å²) in [5.74, 6) is 0.392. The van der Waals surface area contributed by atoms with Crippen molar-refractivity contribution >= 4 is 11.6 Å². The van der Waals surface area contributed by atoms with Gasteiger partial charge in [-0.05, 0) is 36.9 Å². The fourth-order valence-electron chi connectivity index (χ4n) is 7.20. The van der Waals surface area contributed by atoms with Crippen molar-refractivity contribution in [2.45, 2.75) is 42.9 Å². The fraction of sp³-hybridized carbons (Fsp3) is 0.571. The van der Waals surface area contributed by atoms with Crippen LogP contribution in [0.2, 0.25) is 0 Å². The Labute approximate surface area is 152 Å². The highest BCUT2D eigenvalue weighted by molar-refractivity contribution is 5.99. The van der Waals surface area contributed by atoms with Crippen LogP contribution in [0.15, 0.2) is 35.9 Å². The van der Waals surface area contributed by atoms with Gasteiger partial charge in [0.1, 0.15) is 0 Å². The highest BCUT2D eigenvalue weighted by Crippen LogP contribution is 2.64. The molecule has 5 aliphatic rings. The third-order valence-corrected chi connectivity index (χ3v) is 7.94. The molecule has 2 N–H and O–H groups in total. The molecule has 6 atom stereocenters. The lowest BCUT2D eigenvalue weighted by molar-refractivity contribution is -0.129. The topological polar surface area (TPSA) is 64.0 Å². The van der Waals surface area contributed by atoms with Crippen molar-refractivity contribution in [2.75, 3.05) is 24.6 Å². The molecule has 5 heteroatoms. The maximum atomic E-state index is 13.0. The minimum absolute atomic E-state index is 0.0421. The summed E-state index contributed by atoms with van der Waals surface area (Å²) < 4.78 is 0. The lowest BCUT2D eigenvalue weighted by Crippen LogP contribution is -2.69. The van der Waals surface area contributed by atoms with Gasteiger partial charge in [0.25, 0.3) is 0 Å². The van der Waals surface area contributed by atoms with E-state index in [2.05, 4.69) is 23.1 Å². The molecule has 1 aliphatic carbocycles. The van der Waals surface area contributed by atoms with Gasteiger partial charge in [-0.3, -0.25) is 9.69 Å². The molecule has 0 aromatic heterocycles. The van der Waals surface area contributed by atoms with Crippen molar-refractivity contribution in [1.29, 1.82) is 0 Å². The Bertz CT molecular complexity index is 836. The Morgan fingerprint density at radius 1 is 1.31 bits per heavy atom. The van der Waals surface area contributed by atoms with Crippen LogP contribution in [0.1, 0.15) is 24.8 Å². The predicted octanol–water partition coefficient (Wildman–Crippen LogP) is 1.05. The summed E-state index contributed by atoms with van der Waals surface area (Å²) in [6.45, 7) is 1.96.